The number of rotatable bonds is 6. The number of fused-ring (bicyclic) bond motifs is 5. The molecule has 0 bridgehead atoms. The Morgan fingerprint density at radius 2 is 1.93 bits per heavy atom. The lowest BCUT2D eigenvalue weighted by molar-refractivity contribution is -0.135. The van der Waals surface area contributed by atoms with Gasteiger partial charge in [-0.1, -0.05) is 31.5 Å². The summed E-state index contributed by atoms with van der Waals surface area (Å²) in [6, 6.07) is 0. The zero-order valence-corrected chi connectivity index (χ0v) is 18.6. The molecule has 0 spiro atoms. The highest BCUT2D eigenvalue weighted by Gasteiger charge is 2.58. The second-order valence-electron chi connectivity index (χ2n) is 11.1. The highest BCUT2D eigenvalue weighted by atomic mass is 16.6. The van der Waals surface area contributed by atoms with E-state index in [0.29, 0.717) is 29.9 Å². The fourth-order valence-electron chi connectivity index (χ4n) is 7.92. The minimum Gasteiger partial charge on any atom is -0.396 e. The molecule has 0 heterocycles. The molecule has 0 aromatic carbocycles. The summed E-state index contributed by atoms with van der Waals surface area (Å²) in [5.74, 6) is 3.44. The van der Waals surface area contributed by atoms with E-state index in [4.69, 9.17) is 10.6 Å². The summed E-state index contributed by atoms with van der Waals surface area (Å²) in [6.45, 7) is 6.32. The molecule has 7 atom stereocenters. The monoisotopic (exact) mass is 402 g/mol. The maximum atomic E-state index is 11.2. The molecular weight excluding hydrogens is 360 g/mol. The van der Waals surface area contributed by atoms with Crippen molar-refractivity contribution in [3.63, 3.8) is 0 Å². The standard InChI is InChI=1S/C25H42N2O2/c1-23-10-3-6-21(23)20-8-7-19-18-25(28,11-4-16-27-29-17-5-15-26)14-13-24(19,2)22(20)9-12-23/h4,11,16,19-22,28H,3,5-10,12-15,17-18,26H2,1-2H3/b11-4+,27-16+/t19-,20+,21+,22+,23+,24+,25+/m1/s1. The van der Waals surface area contributed by atoms with E-state index in [0.717, 1.165) is 43.4 Å². The van der Waals surface area contributed by atoms with Crippen molar-refractivity contribution in [1.29, 1.82) is 0 Å². The zero-order chi connectivity index (χ0) is 20.5. The Morgan fingerprint density at radius 1 is 1.07 bits per heavy atom. The van der Waals surface area contributed by atoms with Crippen molar-refractivity contribution in [1.82, 2.24) is 0 Å². The Balaban J connectivity index is 1.39. The first kappa shape index (κ1) is 21.4. The van der Waals surface area contributed by atoms with Gasteiger partial charge in [-0.05, 0) is 111 Å². The summed E-state index contributed by atoms with van der Waals surface area (Å²) in [5, 5.41) is 15.2. The van der Waals surface area contributed by atoms with E-state index in [1.165, 1.54) is 44.9 Å². The maximum absolute atomic E-state index is 11.2. The third kappa shape index (κ3) is 4.04. The molecule has 0 aliphatic heterocycles. The van der Waals surface area contributed by atoms with Gasteiger partial charge in [0.1, 0.15) is 6.61 Å². The van der Waals surface area contributed by atoms with Crippen LogP contribution >= 0.6 is 0 Å². The molecule has 4 aliphatic rings. The predicted molar refractivity (Wildman–Crippen MR) is 119 cm³/mol. The van der Waals surface area contributed by atoms with Crippen molar-refractivity contribution in [2.75, 3.05) is 13.2 Å². The third-order valence-electron chi connectivity index (χ3n) is 9.61. The molecule has 0 aromatic heterocycles. The largest absolute Gasteiger partial charge is 0.396 e. The van der Waals surface area contributed by atoms with E-state index in [1.807, 2.05) is 12.2 Å². The minimum absolute atomic E-state index is 0.423. The van der Waals surface area contributed by atoms with Crippen LogP contribution in [0.3, 0.4) is 0 Å². The lowest BCUT2D eigenvalue weighted by Gasteiger charge is -2.61. The maximum Gasteiger partial charge on any atom is 0.118 e. The normalized spacial score (nSPS) is 47.2. The van der Waals surface area contributed by atoms with Gasteiger partial charge >= 0.3 is 0 Å². The number of nitrogens with two attached hydrogens (primary N) is 1. The van der Waals surface area contributed by atoms with Crippen molar-refractivity contribution in [2.24, 2.45) is 45.4 Å². The molecular formula is C25H42N2O2. The number of hydrogen-bond acceptors (Lipinski definition) is 4. The molecule has 0 radical (unpaired) electrons. The van der Waals surface area contributed by atoms with Crippen LogP contribution < -0.4 is 5.73 Å². The quantitative estimate of drug-likeness (QED) is 0.371. The van der Waals surface area contributed by atoms with Gasteiger partial charge in [0, 0.05) is 0 Å². The topological polar surface area (TPSA) is 67.8 Å². The average molecular weight is 403 g/mol. The summed E-state index contributed by atoms with van der Waals surface area (Å²) in [5.41, 5.74) is 5.81. The van der Waals surface area contributed by atoms with E-state index < -0.39 is 5.60 Å². The molecule has 164 valence electrons. The molecule has 29 heavy (non-hydrogen) atoms. The Hall–Kier alpha value is -0.870. The molecule has 4 nitrogen and oxygen atoms in total. The van der Waals surface area contributed by atoms with Crippen LogP contribution in [0.15, 0.2) is 17.3 Å². The van der Waals surface area contributed by atoms with Crippen LogP contribution in [-0.4, -0.2) is 30.1 Å². The first-order valence-electron chi connectivity index (χ1n) is 12.2. The summed E-state index contributed by atoms with van der Waals surface area (Å²) < 4.78 is 0. The van der Waals surface area contributed by atoms with Gasteiger partial charge in [0.15, 0.2) is 0 Å². The Labute approximate surface area is 177 Å². The third-order valence-corrected chi connectivity index (χ3v) is 9.61. The van der Waals surface area contributed by atoms with Crippen LogP contribution in [0.4, 0.5) is 0 Å². The highest BCUT2D eigenvalue weighted by molar-refractivity contribution is 5.70. The Kier molecular flexibility index (Phi) is 6.14. The van der Waals surface area contributed by atoms with Gasteiger partial charge in [0.05, 0.1) is 11.8 Å². The second kappa shape index (κ2) is 8.34. The first-order chi connectivity index (χ1) is 13.9. The number of aliphatic hydroxyl groups is 1. The van der Waals surface area contributed by atoms with Gasteiger partial charge in [0.2, 0.25) is 0 Å². The lowest BCUT2D eigenvalue weighted by atomic mass is 9.44. The Bertz CT molecular complexity index is 634. The second-order valence-corrected chi connectivity index (χ2v) is 11.1. The van der Waals surface area contributed by atoms with Crippen molar-refractivity contribution < 1.29 is 9.94 Å². The van der Waals surface area contributed by atoms with E-state index in [1.54, 1.807) is 6.21 Å². The fraction of sp³-hybridized carbons (Fsp3) is 0.880. The Morgan fingerprint density at radius 3 is 2.76 bits per heavy atom. The molecule has 3 N–H and O–H groups in total. The molecule has 0 saturated heterocycles. The molecule has 0 aromatic rings. The van der Waals surface area contributed by atoms with Crippen LogP contribution in [0.1, 0.15) is 84.5 Å². The van der Waals surface area contributed by atoms with Gasteiger partial charge in [-0.15, -0.1) is 0 Å². The molecule has 0 amide bonds. The smallest absolute Gasteiger partial charge is 0.118 e. The molecule has 4 fully saturated rings. The van der Waals surface area contributed by atoms with E-state index in [2.05, 4.69) is 19.0 Å². The highest BCUT2D eigenvalue weighted by Crippen LogP contribution is 2.66. The number of nitrogens with zero attached hydrogens (tertiary/aromatic N) is 1. The van der Waals surface area contributed by atoms with E-state index in [-0.39, 0.29) is 0 Å². The number of oxime groups is 1. The summed E-state index contributed by atoms with van der Waals surface area (Å²) in [7, 11) is 0. The molecule has 4 saturated carbocycles. The number of allylic oxidation sites excluding steroid dienone is 1. The van der Waals surface area contributed by atoms with E-state index in [9.17, 15) is 5.11 Å². The predicted octanol–water partition coefficient (Wildman–Crippen LogP) is 5.06. The summed E-state index contributed by atoms with van der Waals surface area (Å²) in [6.07, 6.45) is 19.2. The van der Waals surface area contributed by atoms with Crippen molar-refractivity contribution in [2.45, 2.75) is 90.1 Å². The van der Waals surface area contributed by atoms with Gasteiger partial charge in [-0.3, -0.25) is 0 Å². The SMILES string of the molecule is C[C@@]12CCC[C@H]1[C@@H]1CC[C@@H]3C[C@](O)(/C=C/C=N/OCCCN)CC[C@]3(C)[C@H]1CC2. The van der Waals surface area contributed by atoms with E-state index >= 15 is 0 Å². The van der Waals surface area contributed by atoms with Crippen LogP contribution in [0.2, 0.25) is 0 Å². The zero-order valence-electron chi connectivity index (χ0n) is 18.6. The van der Waals surface area contributed by atoms with Gasteiger partial charge in [-0.2, -0.15) is 0 Å². The number of hydrogen-bond donors (Lipinski definition) is 2. The van der Waals surface area contributed by atoms with Gasteiger partial charge < -0.3 is 15.7 Å². The van der Waals surface area contributed by atoms with Crippen LogP contribution in [0.5, 0.6) is 0 Å². The first-order valence-corrected chi connectivity index (χ1v) is 12.2. The van der Waals surface area contributed by atoms with Gasteiger partial charge in [-0.25, -0.2) is 0 Å². The van der Waals surface area contributed by atoms with Gasteiger partial charge in [0.25, 0.3) is 0 Å². The summed E-state index contributed by atoms with van der Waals surface area (Å²) in [4.78, 5) is 5.16. The summed E-state index contributed by atoms with van der Waals surface area (Å²) >= 11 is 0. The molecule has 4 rings (SSSR count). The minimum atomic E-state index is -0.684. The molecule has 4 heteroatoms. The van der Waals surface area contributed by atoms with Crippen LogP contribution in [0, 0.1) is 34.5 Å². The van der Waals surface area contributed by atoms with Crippen molar-refractivity contribution in [3.8, 4) is 0 Å². The van der Waals surface area contributed by atoms with Crippen molar-refractivity contribution in [3.05, 3.63) is 12.2 Å². The molecule has 4 aliphatic carbocycles. The molecule has 0 unspecified atom stereocenters. The van der Waals surface area contributed by atoms with Crippen molar-refractivity contribution >= 4 is 6.21 Å². The van der Waals surface area contributed by atoms with Crippen LogP contribution in [0.25, 0.3) is 0 Å². The lowest BCUT2D eigenvalue weighted by Crippen LogP contribution is -2.55. The average Bonchev–Trinajstić information content (AvgIpc) is 3.10. The fourth-order valence-corrected chi connectivity index (χ4v) is 7.92. The van der Waals surface area contributed by atoms with Crippen LogP contribution in [-0.2, 0) is 4.84 Å².